The Hall–Kier alpha value is -0.580. The molecule has 1 aromatic heterocycles. The minimum absolute atomic E-state index is 0. The molecule has 1 saturated heterocycles. The molecule has 104 valence electrons. The Bertz CT molecular complexity index is 378. The van der Waals surface area contributed by atoms with E-state index < -0.39 is 0 Å². The molecule has 0 bridgehead atoms. The number of rotatable bonds is 3. The lowest BCUT2D eigenvalue weighted by Crippen LogP contribution is -2.28. The van der Waals surface area contributed by atoms with Crippen LogP contribution < -0.4 is 5.73 Å². The number of hydrogen-bond donors (Lipinski definition) is 1. The van der Waals surface area contributed by atoms with E-state index in [9.17, 15) is 0 Å². The highest BCUT2D eigenvalue weighted by Gasteiger charge is 2.27. The predicted molar refractivity (Wildman–Crippen MR) is 77.0 cm³/mol. The van der Waals surface area contributed by atoms with Gasteiger partial charge in [-0.3, -0.25) is 9.58 Å². The van der Waals surface area contributed by atoms with Gasteiger partial charge >= 0.3 is 0 Å². The molecule has 1 fully saturated rings. The first-order valence-electron chi connectivity index (χ1n) is 6.50. The van der Waals surface area contributed by atoms with Gasteiger partial charge in [0.25, 0.3) is 0 Å². The molecular formula is C13H25ClN4. The Morgan fingerprint density at radius 3 is 2.56 bits per heavy atom. The van der Waals surface area contributed by atoms with E-state index in [-0.39, 0.29) is 12.4 Å². The Labute approximate surface area is 116 Å². The molecule has 0 spiro atoms. The van der Waals surface area contributed by atoms with Crippen molar-refractivity contribution in [3.63, 3.8) is 0 Å². The summed E-state index contributed by atoms with van der Waals surface area (Å²) in [5.41, 5.74) is 8.53. The van der Waals surface area contributed by atoms with Crippen molar-refractivity contribution in [1.29, 1.82) is 0 Å². The third kappa shape index (κ3) is 3.25. The van der Waals surface area contributed by atoms with Crippen LogP contribution in [-0.2, 0) is 6.54 Å². The van der Waals surface area contributed by atoms with Crippen LogP contribution in [0.3, 0.4) is 0 Å². The molecular weight excluding hydrogens is 248 g/mol. The van der Waals surface area contributed by atoms with Crippen molar-refractivity contribution in [3.8, 4) is 0 Å². The summed E-state index contributed by atoms with van der Waals surface area (Å²) in [4.78, 5) is 2.43. The van der Waals surface area contributed by atoms with E-state index in [0.717, 1.165) is 25.3 Å². The lowest BCUT2D eigenvalue weighted by molar-refractivity contribution is 0.318. The van der Waals surface area contributed by atoms with Gasteiger partial charge in [0.1, 0.15) is 0 Å². The van der Waals surface area contributed by atoms with E-state index >= 15 is 0 Å². The minimum Gasteiger partial charge on any atom is -0.326 e. The summed E-state index contributed by atoms with van der Waals surface area (Å²) >= 11 is 0. The van der Waals surface area contributed by atoms with Gasteiger partial charge in [-0.2, -0.15) is 5.10 Å². The van der Waals surface area contributed by atoms with Crippen molar-refractivity contribution >= 4 is 12.4 Å². The van der Waals surface area contributed by atoms with Gasteiger partial charge in [0.05, 0.1) is 5.69 Å². The lowest BCUT2D eigenvalue weighted by atomic mass is 10.1. The number of halogens is 1. The molecule has 0 amide bonds. The summed E-state index contributed by atoms with van der Waals surface area (Å²) in [5, 5.41) is 4.55. The molecule has 1 aliphatic rings. The zero-order valence-electron chi connectivity index (χ0n) is 11.8. The zero-order valence-corrected chi connectivity index (χ0v) is 12.6. The molecule has 0 saturated carbocycles. The van der Waals surface area contributed by atoms with Crippen molar-refractivity contribution in [2.24, 2.45) is 11.7 Å². The van der Waals surface area contributed by atoms with Crippen LogP contribution in [0.1, 0.15) is 38.1 Å². The highest BCUT2D eigenvalue weighted by atomic mass is 35.5. The van der Waals surface area contributed by atoms with Gasteiger partial charge in [-0.25, -0.2) is 0 Å². The number of nitrogens with two attached hydrogens (primary N) is 1. The van der Waals surface area contributed by atoms with Gasteiger partial charge < -0.3 is 5.73 Å². The molecule has 2 atom stereocenters. The highest BCUT2D eigenvalue weighted by Crippen LogP contribution is 2.19. The Morgan fingerprint density at radius 2 is 2.11 bits per heavy atom. The number of likely N-dealkylation sites (tertiary alicyclic amines) is 1. The molecule has 2 rings (SSSR count). The van der Waals surface area contributed by atoms with Crippen LogP contribution in [0.2, 0.25) is 0 Å². The summed E-state index contributed by atoms with van der Waals surface area (Å²) in [6.07, 6.45) is 2.18. The first-order valence-corrected chi connectivity index (χ1v) is 6.50. The molecule has 2 unspecified atom stereocenters. The van der Waals surface area contributed by atoms with Crippen molar-refractivity contribution in [1.82, 2.24) is 14.7 Å². The first-order chi connectivity index (χ1) is 7.97. The minimum atomic E-state index is 0. The summed E-state index contributed by atoms with van der Waals surface area (Å²) in [6.45, 7) is 11.7. The molecule has 2 heterocycles. The van der Waals surface area contributed by atoms with Gasteiger partial charge in [0, 0.05) is 43.5 Å². The van der Waals surface area contributed by atoms with E-state index in [1.165, 1.54) is 5.56 Å². The van der Waals surface area contributed by atoms with E-state index in [2.05, 4.69) is 43.9 Å². The van der Waals surface area contributed by atoms with Crippen LogP contribution >= 0.6 is 12.4 Å². The van der Waals surface area contributed by atoms with Crippen LogP contribution in [0.15, 0.2) is 6.20 Å². The quantitative estimate of drug-likeness (QED) is 0.915. The fourth-order valence-corrected chi connectivity index (χ4v) is 2.40. The van der Waals surface area contributed by atoms with Crippen LogP contribution in [0.4, 0.5) is 0 Å². The number of aryl methyl sites for hydroxylation is 1. The fourth-order valence-electron chi connectivity index (χ4n) is 2.40. The first kappa shape index (κ1) is 15.5. The molecule has 18 heavy (non-hydrogen) atoms. The highest BCUT2D eigenvalue weighted by molar-refractivity contribution is 5.85. The van der Waals surface area contributed by atoms with E-state index in [0.29, 0.717) is 18.0 Å². The molecule has 0 aliphatic carbocycles. The van der Waals surface area contributed by atoms with Crippen molar-refractivity contribution in [2.75, 3.05) is 13.1 Å². The molecule has 2 N–H and O–H groups in total. The topological polar surface area (TPSA) is 47.1 Å². The smallest absolute Gasteiger partial charge is 0.0638 e. The summed E-state index contributed by atoms with van der Waals surface area (Å²) in [5.74, 6) is 0.607. The van der Waals surface area contributed by atoms with Crippen molar-refractivity contribution in [3.05, 3.63) is 17.5 Å². The van der Waals surface area contributed by atoms with E-state index in [4.69, 9.17) is 5.73 Å². The van der Waals surface area contributed by atoms with Crippen LogP contribution in [0, 0.1) is 12.8 Å². The van der Waals surface area contributed by atoms with Crippen LogP contribution in [0.25, 0.3) is 0 Å². The van der Waals surface area contributed by atoms with E-state index in [1.54, 1.807) is 0 Å². The van der Waals surface area contributed by atoms with Crippen LogP contribution in [-0.4, -0.2) is 33.8 Å². The summed E-state index contributed by atoms with van der Waals surface area (Å²) in [6, 6.07) is 0.762. The maximum atomic E-state index is 6.05. The second-order valence-corrected chi connectivity index (χ2v) is 5.65. The van der Waals surface area contributed by atoms with Crippen molar-refractivity contribution in [2.45, 2.75) is 46.3 Å². The zero-order chi connectivity index (χ0) is 12.6. The SMILES string of the molecule is Cc1nn(C(C)C)cc1CN1CC(C)C(N)C1.Cl. The maximum Gasteiger partial charge on any atom is 0.0638 e. The Morgan fingerprint density at radius 1 is 1.44 bits per heavy atom. The fraction of sp³-hybridized carbons (Fsp3) is 0.769. The lowest BCUT2D eigenvalue weighted by Gasteiger charge is -2.14. The molecule has 4 nitrogen and oxygen atoms in total. The third-order valence-electron chi connectivity index (χ3n) is 3.69. The van der Waals surface area contributed by atoms with Crippen LogP contribution in [0.5, 0.6) is 0 Å². The van der Waals surface area contributed by atoms with Gasteiger partial charge in [-0.1, -0.05) is 6.92 Å². The van der Waals surface area contributed by atoms with Gasteiger partial charge in [-0.05, 0) is 26.7 Å². The molecule has 0 aromatic carbocycles. The second kappa shape index (κ2) is 6.04. The van der Waals surface area contributed by atoms with Crippen molar-refractivity contribution < 1.29 is 0 Å². The normalized spacial score (nSPS) is 24.6. The molecule has 1 aliphatic heterocycles. The number of nitrogens with zero attached hydrogens (tertiary/aromatic N) is 3. The summed E-state index contributed by atoms with van der Waals surface area (Å²) in [7, 11) is 0. The van der Waals surface area contributed by atoms with Gasteiger partial charge in [0.2, 0.25) is 0 Å². The largest absolute Gasteiger partial charge is 0.326 e. The van der Waals surface area contributed by atoms with E-state index in [1.807, 2.05) is 4.68 Å². The molecule has 5 heteroatoms. The third-order valence-corrected chi connectivity index (χ3v) is 3.69. The average molecular weight is 273 g/mol. The average Bonchev–Trinajstić information content (AvgIpc) is 2.73. The molecule has 1 aromatic rings. The standard InChI is InChI=1S/C13H24N4.ClH/c1-9(2)17-7-12(11(4)15-17)6-16-5-10(3)13(14)8-16;/h7,9-10,13H,5-6,8,14H2,1-4H3;1H. The number of aromatic nitrogens is 2. The van der Waals surface area contributed by atoms with Gasteiger partial charge in [-0.15, -0.1) is 12.4 Å². The number of hydrogen-bond acceptors (Lipinski definition) is 3. The second-order valence-electron chi connectivity index (χ2n) is 5.65. The maximum absolute atomic E-state index is 6.05. The monoisotopic (exact) mass is 272 g/mol. The van der Waals surface area contributed by atoms with Gasteiger partial charge in [0.15, 0.2) is 0 Å². The molecule has 0 radical (unpaired) electrons. The summed E-state index contributed by atoms with van der Waals surface area (Å²) < 4.78 is 2.05. The Balaban J connectivity index is 0.00000162. The predicted octanol–water partition coefficient (Wildman–Crippen LogP) is 1.97. The Kier molecular flexibility index (Phi) is 5.20.